The second kappa shape index (κ2) is 9.97. The molecule has 4 heteroatoms. The minimum atomic E-state index is -0.856. The molecule has 2 nitrogen and oxygen atoms in total. The fourth-order valence-electron chi connectivity index (χ4n) is 3.19. The Hall–Kier alpha value is -3.27. The van der Waals surface area contributed by atoms with Crippen molar-refractivity contribution in [1.82, 2.24) is 0 Å². The maximum atomic E-state index is 14.5. The average molecular weight is 406 g/mol. The Balaban J connectivity index is 1.77. The molecule has 0 aliphatic rings. The molecule has 0 saturated carbocycles. The summed E-state index contributed by atoms with van der Waals surface area (Å²) in [5, 5.41) is 0. The smallest absolute Gasteiger partial charge is 0.166 e. The first-order valence-electron chi connectivity index (χ1n) is 9.88. The molecular weight excluding hydrogens is 382 g/mol. The zero-order chi connectivity index (χ0) is 21.5. The predicted octanol–water partition coefficient (Wildman–Crippen LogP) is 6.79. The summed E-state index contributed by atoms with van der Waals surface area (Å²) >= 11 is 0. The molecule has 0 unspecified atom stereocenters. The standard InChI is InChI=1S/C26H24F2O2/c1-18-8-9-21(15-19(18)2)16-22(24-6-3-7-25(27)26(24)28)5-4-14-30-23-12-10-20(17-29)11-13-23/h3,6-13,15-17H,4-5,14H2,1-2H3/b22-16-. The van der Waals surface area contributed by atoms with E-state index < -0.39 is 11.6 Å². The SMILES string of the molecule is Cc1ccc(/C=C(/CCCOc2ccc(C=O)cc2)c2cccc(F)c2F)cc1C. The Kier molecular flexibility index (Phi) is 7.12. The Bertz CT molecular complexity index is 1050. The lowest BCUT2D eigenvalue weighted by Crippen LogP contribution is -2.00. The number of rotatable bonds is 8. The van der Waals surface area contributed by atoms with Gasteiger partial charge in [0.25, 0.3) is 0 Å². The van der Waals surface area contributed by atoms with Gasteiger partial charge in [-0.3, -0.25) is 4.79 Å². The van der Waals surface area contributed by atoms with E-state index in [0.717, 1.165) is 29.1 Å². The molecule has 0 aromatic heterocycles. The van der Waals surface area contributed by atoms with Crippen LogP contribution in [0.3, 0.4) is 0 Å². The number of ether oxygens (including phenoxy) is 1. The fraction of sp³-hybridized carbons (Fsp3) is 0.192. The van der Waals surface area contributed by atoms with Gasteiger partial charge < -0.3 is 4.74 Å². The van der Waals surface area contributed by atoms with Crippen LogP contribution >= 0.6 is 0 Å². The summed E-state index contributed by atoms with van der Waals surface area (Å²) in [6.07, 6.45) is 3.84. The lowest BCUT2D eigenvalue weighted by molar-refractivity contribution is 0.112. The highest BCUT2D eigenvalue weighted by Crippen LogP contribution is 2.27. The maximum absolute atomic E-state index is 14.5. The van der Waals surface area contributed by atoms with E-state index in [4.69, 9.17) is 4.74 Å². The van der Waals surface area contributed by atoms with Gasteiger partial charge in [-0.25, -0.2) is 8.78 Å². The number of hydrogen-bond donors (Lipinski definition) is 0. The molecule has 0 atom stereocenters. The van der Waals surface area contributed by atoms with Gasteiger partial charge in [0.1, 0.15) is 12.0 Å². The van der Waals surface area contributed by atoms with E-state index in [9.17, 15) is 13.6 Å². The van der Waals surface area contributed by atoms with Gasteiger partial charge in [0.15, 0.2) is 11.6 Å². The van der Waals surface area contributed by atoms with Crippen LogP contribution in [0.1, 0.15) is 45.5 Å². The Morgan fingerprint density at radius 1 is 0.933 bits per heavy atom. The largest absolute Gasteiger partial charge is 0.494 e. The first-order valence-corrected chi connectivity index (χ1v) is 9.88. The number of hydrogen-bond acceptors (Lipinski definition) is 2. The number of halogens is 2. The Morgan fingerprint density at radius 3 is 2.37 bits per heavy atom. The molecular formula is C26H24F2O2. The quantitative estimate of drug-likeness (QED) is 0.234. The maximum Gasteiger partial charge on any atom is 0.166 e. The van der Waals surface area contributed by atoms with Gasteiger partial charge >= 0.3 is 0 Å². The first kappa shape index (κ1) is 21.4. The van der Waals surface area contributed by atoms with Gasteiger partial charge in [-0.15, -0.1) is 0 Å². The van der Waals surface area contributed by atoms with Crippen molar-refractivity contribution in [3.05, 3.63) is 100 Å². The van der Waals surface area contributed by atoms with E-state index in [2.05, 4.69) is 0 Å². The van der Waals surface area contributed by atoms with Crippen molar-refractivity contribution in [2.24, 2.45) is 0 Å². The summed E-state index contributed by atoms with van der Waals surface area (Å²) in [5.74, 6) is -1.03. The van der Waals surface area contributed by atoms with Crippen molar-refractivity contribution in [1.29, 1.82) is 0 Å². The van der Waals surface area contributed by atoms with Gasteiger partial charge in [-0.1, -0.05) is 36.4 Å². The number of allylic oxidation sites excluding steroid dienone is 1. The molecule has 0 heterocycles. The topological polar surface area (TPSA) is 26.3 Å². The zero-order valence-corrected chi connectivity index (χ0v) is 17.1. The highest BCUT2D eigenvalue weighted by Gasteiger charge is 2.12. The number of carbonyl (C=O) groups excluding carboxylic acids is 1. The molecule has 3 aromatic carbocycles. The lowest BCUT2D eigenvalue weighted by atomic mass is 9.96. The van der Waals surface area contributed by atoms with Crippen molar-refractivity contribution in [2.75, 3.05) is 6.61 Å². The van der Waals surface area contributed by atoms with Gasteiger partial charge in [0, 0.05) is 11.1 Å². The summed E-state index contributed by atoms with van der Waals surface area (Å²) in [4.78, 5) is 10.7. The van der Waals surface area contributed by atoms with Gasteiger partial charge in [-0.2, -0.15) is 0 Å². The molecule has 0 aliphatic carbocycles. The molecule has 0 aliphatic heterocycles. The third-order valence-electron chi connectivity index (χ3n) is 5.04. The molecule has 0 fully saturated rings. The molecule has 3 aromatic rings. The zero-order valence-electron chi connectivity index (χ0n) is 17.1. The van der Waals surface area contributed by atoms with E-state index in [1.165, 1.54) is 11.6 Å². The van der Waals surface area contributed by atoms with E-state index in [1.807, 2.05) is 38.1 Å². The van der Waals surface area contributed by atoms with E-state index >= 15 is 0 Å². The van der Waals surface area contributed by atoms with Crippen molar-refractivity contribution >= 4 is 17.9 Å². The van der Waals surface area contributed by atoms with Crippen LogP contribution in [-0.2, 0) is 0 Å². The van der Waals surface area contributed by atoms with Crippen LogP contribution in [0.25, 0.3) is 11.6 Å². The average Bonchev–Trinajstić information content (AvgIpc) is 2.75. The Labute approximate surface area is 175 Å². The second-order valence-corrected chi connectivity index (χ2v) is 7.25. The summed E-state index contributed by atoms with van der Waals surface area (Å²) in [6, 6.07) is 17.1. The summed E-state index contributed by atoms with van der Waals surface area (Å²) < 4.78 is 34.0. The first-order chi connectivity index (χ1) is 14.5. The number of benzene rings is 3. The molecule has 0 N–H and O–H groups in total. The van der Waals surface area contributed by atoms with Crippen LogP contribution in [-0.4, -0.2) is 12.9 Å². The predicted molar refractivity (Wildman–Crippen MR) is 117 cm³/mol. The summed E-state index contributed by atoms with van der Waals surface area (Å²) in [5.41, 5.74) is 4.84. The molecule has 0 bridgehead atoms. The number of carbonyl (C=O) groups is 1. The minimum absolute atomic E-state index is 0.267. The monoisotopic (exact) mass is 406 g/mol. The molecule has 0 spiro atoms. The summed E-state index contributed by atoms with van der Waals surface area (Å²) in [6.45, 7) is 4.48. The van der Waals surface area contributed by atoms with Gasteiger partial charge in [-0.05, 0) is 79.3 Å². The van der Waals surface area contributed by atoms with E-state index in [0.29, 0.717) is 30.8 Å². The summed E-state index contributed by atoms with van der Waals surface area (Å²) in [7, 11) is 0. The van der Waals surface area contributed by atoms with Gasteiger partial charge in [0.2, 0.25) is 0 Å². The molecule has 0 saturated heterocycles. The molecule has 154 valence electrons. The molecule has 3 rings (SSSR count). The van der Waals surface area contributed by atoms with Crippen LogP contribution in [0.4, 0.5) is 8.78 Å². The fourth-order valence-corrected chi connectivity index (χ4v) is 3.19. The van der Waals surface area contributed by atoms with Crippen LogP contribution in [0.5, 0.6) is 5.75 Å². The van der Waals surface area contributed by atoms with Crippen molar-refractivity contribution in [3.63, 3.8) is 0 Å². The second-order valence-electron chi connectivity index (χ2n) is 7.25. The van der Waals surface area contributed by atoms with Gasteiger partial charge in [0.05, 0.1) is 6.61 Å². The van der Waals surface area contributed by atoms with Crippen molar-refractivity contribution in [2.45, 2.75) is 26.7 Å². The number of aryl methyl sites for hydroxylation is 2. The molecule has 30 heavy (non-hydrogen) atoms. The minimum Gasteiger partial charge on any atom is -0.494 e. The molecule has 0 amide bonds. The molecule has 0 radical (unpaired) electrons. The number of aldehydes is 1. The van der Waals surface area contributed by atoms with Crippen molar-refractivity contribution in [3.8, 4) is 5.75 Å². The van der Waals surface area contributed by atoms with Crippen LogP contribution < -0.4 is 4.74 Å². The third kappa shape index (κ3) is 5.41. The Morgan fingerprint density at radius 2 is 1.67 bits per heavy atom. The normalized spacial score (nSPS) is 11.4. The van der Waals surface area contributed by atoms with Crippen LogP contribution in [0, 0.1) is 25.5 Å². The van der Waals surface area contributed by atoms with E-state index in [1.54, 1.807) is 30.3 Å². The highest BCUT2D eigenvalue weighted by molar-refractivity contribution is 5.82. The third-order valence-corrected chi connectivity index (χ3v) is 5.04. The van der Waals surface area contributed by atoms with Crippen LogP contribution in [0.15, 0.2) is 60.7 Å². The van der Waals surface area contributed by atoms with E-state index in [-0.39, 0.29) is 5.56 Å². The highest BCUT2D eigenvalue weighted by atomic mass is 19.2. The van der Waals surface area contributed by atoms with Crippen molar-refractivity contribution < 1.29 is 18.3 Å². The lowest BCUT2D eigenvalue weighted by Gasteiger charge is -2.12. The van der Waals surface area contributed by atoms with Crippen LogP contribution in [0.2, 0.25) is 0 Å².